The van der Waals surface area contributed by atoms with E-state index in [4.69, 9.17) is 16.3 Å². The van der Waals surface area contributed by atoms with Crippen LogP contribution in [-0.2, 0) is 4.79 Å². The summed E-state index contributed by atoms with van der Waals surface area (Å²) >= 11 is 5.97. The van der Waals surface area contributed by atoms with Crippen LogP contribution in [0.25, 0.3) is 0 Å². The molecular weight excluding hydrogens is 276 g/mol. The number of halogens is 1. The van der Waals surface area contributed by atoms with Gasteiger partial charge in [-0.15, -0.1) is 0 Å². The van der Waals surface area contributed by atoms with Crippen molar-refractivity contribution in [2.45, 2.75) is 32.2 Å². The van der Waals surface area contributed by atoms with Crippen LogP contribution in [0.15, 0.2) is 18.2 Å². The van der Waals surface area contributed by atoms with Gasteiger partial charge in [0.15, 0.2) is 0 Å². The lowest BCUT2D eigenvalue weighted by atomic mass is 10.0. The van der Waals surface area contributed by atoms with Crippen LogP contribution in [0.3, 0.4) is 0 Å². The number of carbonyl (C=O) groups excluding carboxylic acids is 1. The minimum Gasteiger partial charge on any atom is -0.495 e. The van der Waals surface area contributed by atoms with E-state index in [1.807, 2.05) is 4.90 Å². The molecule has 110 valence electrons. The van der Waals surface area contributed by atoms with Crippen molar-refractivity contribution in [3.8, 4) is 5.75 Å². The van der Waals surface area contributed by atoms with E-state index >= 15 is 0 Å². The van der Waals surface area contributed by atoms with Gasteiger partial charge in [-0.3, -0.25) is 4.79 Å². The lowest BCUT2D eigenvalue weighted by molar-refractivity contribution is -0.132. The van der Waals surface area contributed by atoms with Gasteiger partial charge in [0, 0.05) is 17.6 Å². The summed E-state index contributed by atoms with van der Waals surface area (Å²) in [6, 6.07) is 5.66. The summed E-state index contributed by atoms with van der Waals surface area (Å²) in [6.45, 7) is 3.23. The third kappa shape index (κ3) is 3.57. The first-order valence-electron chi connectivity index (χ1n) is 6.98. The molecule has 0 spiro atoms. The van der Waals surface area contributed by atoms with Crippen LogP contribution in [-0.4, -0.2) is 37.0 Å². The predicted octanol–water partition coefficient (Wildman–Crippen LogP) is 3.16. The van der Waals surface area contributed by atoms with Gasteiger partial charge in [0.2, 0.25) is 5.91 Å². The van der Waals surface area contributed by atoms with Gasteiger partial charge in [-0.1, -0.05) is 11.6 Å². The molecule has 0 aromatic heterocycles. The second kappa shape index (κ2) is 6.84. The number of nitrogens with zero attached hydrogens (tertiary/aromatic N) is 1. The molecule has 1 aliphatic heterocycles. The summed E-state index contributed by atoms with van der Waals surface area (Å²) in [5, 5.41) is 3.74. The lowest BCUT2D eigenvalue weighted by Gasteiger charge is -2.33. The van der Waals surface area contributed by atoms with E-state index in [0.717, 1.165) is 25.1 Å². The molecule has 0 aliphatic carbocycles. The van der Waals surface area contributed by atoms with Gasteiger partial charge in [0.1, 0.15) is 5.75 Å². The number of piperidine rings is 1. The highest BCUT2D eigenvalue weighted by Crippen LogP contribution is 2.27. The van der Waals surface area contributed by atoms with Crippen molar-refractivity contribution in [1.29, 1.82) is 0 Å². The smallest absolute Gasteiger partial charge is 0.242 e. The van der Waals surface area contributed by atoms with E-state index < -0.39 is 0 Å². The van der Waals surface area contributed by atoms with E-state index in [1.165, 1.54) is 6.42 Å². The number of rotatable bonds is 4. The quantitative estimate of drug-likeness (QED) is 0.928. The molecule has 1 aromatic carbocycles. The normalized spacial score (nSPS) is 18.8. The standard InChI is InChI=1S/C15H21ClN2O2/c1-11-5-3-4-8-18(11)15(19)10-17-13-9-12(16)6-7-14(13)20-2/h6-7,9,11,17H,3-5,8,10H2,1-2H3. The largest absolute Gasteiger partial charge is 0.495 e. The van der Waals surface area contributed by atoms with Crippen LogP contribution in [0.4, 0.5) is 5.69 Å². The van der Waals surface area contributed by atoms with Crippen molar-refractivity contribution < 1.29 is 9.53 Å². The molecule has 0 saturated carbocycles. The van der Waals surface area contributed by atoms with E-state index in [9.17, 15) is 4.79 Å². The number of likely N-dealkylation sites (tertiary alicyclic amines) is 1. The molecule has 1 fully saturated rings. The third-order valence-corrected chi connectivity index (χ3v) is 3.95. The Hall–Kier alpha value is -1.42. The number of benzene rings is 1. The van der Waals surface area contributed by atoms with Crippen LogP contribution in [0.1, 0.15) is 26.2 Å². The van der Waals surface area contributed by atoms with E-state index in [-0.39, 0.29) is 12.5 Å². The SMILES string of the molecule is COc1ccc(Cl)cc1NCC(=O)N1CCCCC1C. The van der Waals surface area contributed by atoms with Crippen LogP contribution >= 0.6 is 11.6 Å². The zero-order valence-electron chi connectivity index (χ0n) is 12.0. The Morgan fingerprint density at radius 2 is 2.30 bits per heavy atom. The molecule has 5 heteroatoms. The number of ether oxygens (including phenoxy) is 1. The van der Waals surface area contributed by atoms with Gasteiger partial charge < -0.3 is 15.0 Å². The molecule has 0 bridgehead atoms. The van der Waals surface area contributed by atoms with Gasteiger partial charge in [-0.25, -0.2) is 0 Å². The molecule has 2 rings (SSSR count). The van der Waals surface area contributed by atoms with Crippen molar-refractivity contribution in [3.63, 3.8) is 0 Å². The van der Waals surface area contributed by atoms with Crippen molar-refractivity contribution >= 4 is 23.2 Å². The summed E-state index contributed by atoms with van der Waals surface area (Å²) < 4.78 is 5.25. The molecule has 1 aliphatic rings. The molecule has 1 heterocycles. The van der Waals surface area contributed by atoms with Gasteiger partial charge in [-0.05, 0) is 44.4 Å². The Kier molecular flexibility index (Phi) is 5.12. The van der Waals surface area contributed by atoms with Crippen LogP contribution in [0.5, 0.6) is 5.75 Å². The van der Waals surface area contributed by atoms with E-state index in [1.54, 1.807) is 25.3 Å². The maximum absolute atomic E-state index is 12.3. The summed E-state index contributed by atoms with van der Waals surface area (Å²) in [5.41, 5.74) is 0.748. The Morgan fingerprint density at radius 3 is 3.00 bits per heavy atom. The zero-order valence-corrected chi connectivity index (χ0v) is 12.7. The number of hydrogen-bond donors (Lipinski definition) is 1. The minimum absolute atomic E-state index is 0.124. The average Bonchev–Trinajstić information content (AvgIpc) is 2.45. The van der Waals surface area contributed by atoms with Crippen molar-refractivity contribution in [1.82, 2.24) is 4.90 Å². The molecule has 1 aromatic rings. The molecule has 0 radical (unpaired) electrons. The van der Waals surface area contributed by atoms with Crippen LogP contribution < -0.4 is 10.1 Å². The summed E-state index contributed by atoms with van der Waals surface area (Å²) in [7, 11) is 1.60. The zero-order chi connectivity index (χ0) is 14.5. The fourth-order valence-electron chi connectivity index (χ4n) is 2.56. The maximum atomic E-state index is 12.3. The number of anilines is 1. The summed E-state index contributed by atoms with van der Waals surface area (Å²) in [4.78, 5) is 14.2. The molecular formula is C15H21ClN2O2. The van der Waals surface area contributed by atoms with Crippen molar-refractivity contribution in [3.05, 3.63) is 23.2 Å². The Balaban J connectivity index is 1.97. The van der Waals surface area contributed by atoms with Gasteiger partial charge in [-0.2, -0.15) is 0 Å². The summed E-state index contributed by atoms with van der Waals surface area (Å²) in [6.07, 6.45) is 3.39. The predicted molar refractivity (Wildman–Crippen MR) is 81.5 cm³/mol. The van der Waals surface area contributed by atoms with Crippen LogP contribution in [0.2, 0.25) is 5.02 Å². The minimum atomic E-state index is 0.124. The van der Waals surface area contributed by atoms with Gasteiger partial charge in [0.05, 0.1) is 19.3 Å². The highest BCUT2D eigenvalue weighted by atomic mass is 35.5. The monoisotopic (exact) mass is 296 g/mol. The molecule has 1 atom stereocenters. The molecule has 4 nitrogen and oxygen atoms in total. The summed E-state index contributed by atoms with van der Waals surface area (Å²) in [5.74, 6) is 0.813. The number of hydrogen-bond acceptors (Lipinski definition) is 3. The lowest BCUT2D eigenvalue weighted by Crippen LogP contribution is -2.44. The highest BCUT2D eigenvalue weighted by molar-refractivity contribution is 6.30. The average molecular weight is 297 g/mol. The fraction of sp³-hybridized carbons (Fsp3) is 0.533. The van der Waals surface area contributed by atoms with Gasteiger partial charge >= 0.3 is 0 Å². The van der Waals surface area contributed by atoms with Crippen molar-refractivity contribution in [2.75, 3.05) is 25.5 Å². The molecule has 1 unspecified atom stereocenters. The van der Waals surface area contributed by atoms with E-state index in [0.29, 0.717) is 16.8 Å². The first-order chi connectivity index (χ1) is 9.61. The molecule has 1 N–H and O–H groups in total. The third-order valence-electron chi connectivity index (χ3n) is 3.71. The van der Waals surface area contributed by atoms with E-state index in [2.05, 4.69) is 12.2 Å². The first kappa shape index (κ1) is 15.0. The Morgan fingerprint density at radius 1 is 1.50 bits per heavy atom. The van der Waals surface area contributed by atoms with Crippen LogP contribution in [0, 0.1) is 0 Å². The fourth-order valence-corrected chi connectivity index (χ4v) is 2.73. The maximum Gasteiger partial charge on any atom is 0.242 e. The Labute approximate surface area is 125 Å². The number of carbonyl (C=O) groups is 1. The number of nitrogens with one attached hydrogen (secondary N) is 1. The molecule has 1 saturated heterocycles. The molecule has 1 amide bonds. The number of amides is 1. The second-order valence-corrected chi connectivity index (χ2v) is 5.57. The van der Waals surface area contributed by atoms with Gasteiger partial charge in [0.25, 0.3) is 0 Å². The first-order valence-corrected chi connectivity index (χ1v) is 7.36. The second-order valence-electron chi connectivity index (χ2n) is 5.13. The molecule has 20 heavy (non-hydrogen) atoms. The van der Waals surface area contributed by atoms with Crippen molar-refractivity contribution in [2.24, 2.45) is 0 Å². The highest BCUT2D eigenvalue weighted by Gasteiger charge is 2.22. The number of methoxy groups -OCH3 is 1. The Bertz CT molecular complexity index is 479. The topological polar surface area (TPSA) is 41.6 Å².